The van der Waals surface area contributed by atoms with Gasteiger partial charge in [-0.05, 0) is 23.6 Å². The zero-order valence-corrected chi connectivity index (χ0v) is 11.8. The molecule has 1 heterocycles. The van der Waals surface area contributed by atoms with E-state index in [-0.39, 0.29) is 23.8 Å². The second kappa shape index (κ2) is 5.48. The molecule has 0 radical (unpaired) electrons. The molecular formula is C16H18N2O2. The Morgan fingerprint density at radius 1 is 1.25 bits per heavy atom. The highest BCUT2D eigenvalue weighted by atomic mass is 16.2. The molecule has 1 aromatic rings. The van der Waals surface area contributed by atoms with Crippen molar-refractivity contribution in [2.75, 3.05) is 11.4 Å². The first kappa shape index (κ1) is 14.3. The van der Waals surface area contributed by atoms with E-state index < -0.39 is 0 Å². The summed E-state index contributed by atoms with van der Waals surface area (Å²) in [4.78, 5) is 25.7. The fourth-order valence-corrected chi connectivity index (χ4v) is 2.34. The van der Waals surface area contributed by atoms with Crippen molar-refractivity contribution in [1.29, 1.82) is 0 Å². The minimum Gasteiger partial charge on any atom is -0.320 e. The van der Waals surface area contributed by atoms with Crippen molar-refractivity contribution in [1.82, 2.24) is 0 Å². The average molecular weight is 270 g/mol. The summed E-state index contributed by atoms with van der Waals surface area (Å²) in [6.45, 7) is 4.15. The van der Waals surface area contributed by atoms with Crippen LogP contribution in [0.15, 0.2) is 24.3 Å². The number of hydrogen-bond acceptors (Lipinski definition) is 3. The molecule has 2 amide bonds. The van der Waals surface area contributed by atoms with Gasteiger partial charge in [-0.2, -0.15) is 0 Å². The molecule has 0 bridgehead atoms. The van der Waals surface area contributed by atoms with Gasteiger partial charge in [0.1, 0.15) is 0 Å². The van der Waals surface area contributed by atoms with Crippen LogP contribution in [0, 0.1) is 17.3 Å². The van der Waals surface area contributed by atoms with Gasteiger partial charge in [0.2, 0.25) is 11.8 Å². The molecule has 1 aromatic carbocycles. The molecule has 2 rings (SSSR count). The fourth-order valence-electron chi connectivity index (χ4n) is 2.34. The first-order valence-electron chi connectivity index (χ1n) is 6.58. The summed E-state index contributed by atoms with van der Waals surface area (Å²) in [7, 11) is 0. The molecule has 4 heteroatoms. The molecule has 4 nitrogen and oxygen atoms in total. The number of carbonyl (C=O) groups excluding carboxylic acids is 2. The van der Waals surface area contributed by atoms with Crippen LogP contribution < -0.4 is 10.6 Å². The van der Waals surface area contributed by atoms with Crippen LogP contribution in [0.5, 0.6) is 0 Å². The highest BCUT2D eigenvalue weighted by molar-refractivity contribution is 6.16. The normalized spacial score (nSPS) is 17.6. The zero-order valence-electron chi connectivity index (χ0n) is 11.8. The number of piperidine rings is 1. The number of nitrogens with two attached hydrogens (primary N) is 1. The molecule has 20 heavy (non-hydrogen) atoms. The van der Waals surface area contributed by atoms with Crippen LogP contribution in [0.2, 0.25) is 0 Å². The molecule has 1 aliphatic heterocycles. The van der Waals surface area contributed by atoms with Gasteiger partial charge >= 0.3 is 0 Å². The van der Waals surface area contributed by atoms with Crippen LogP contribution in [0.3, 0.4) is 0 Å². The van der Waals surface area contributed by atoms with Gasteiger partial charge < -0.3 is 5.73 Å². The Kier molecular flexibility index (Phi) is 3.91. The van der Waals surface area contributed by atoms with Gasteiger partial charge in [0, 0.05) is 18.4 Å². The molecular weight excluding hydrogens is 252 g/mol. The van der Waals surface area contributed by atoms with E-state index in [1.54, 1.807) is 18.2 Å². The largest absolute Gasteiger partial charge is 0.320 e. The Bertz CT molecular complexity index is 588. The standard InChI is InChI=1S/C16H18N2O2/c1-16(2)10-14(19)18(15(20)11-16)13-7-3-5-12(9-13)6-4-8-17/h3,5,7,9H,8,10-11,17H2,1-2H3. The van der Waals surface area contributed by atoms with E-state index in [9.17, 15) is 9.59 Å². The van der Waals surface area contributed by atoms with Crippen molar-refractivity contribution in [2.45, 2.75) is 26.7 Å². The lowest BCUT2D eigenvalue weighted by Crippen LogP contribution is -2.46. The lowest BCUT2D eigenvalue weighted by atomic mass is 9.81. The van der Waals surface area contributed by atoms with E-state index in [0.717, 1.165) is 5.56 Å². The maximum Gasteiger partial charge on any atom is 0.234 e. The van der Waals surface area contributed by atoms with Crippen molar-refractivity contribution in [2.24, 2.45) is 11.1 Å². The summed E-state index contributed by atoms with van der Waals surface area (Å²) >= 11 is 0. The summed E-state index contributed by atoms with van der Waals surface area (Å²) in [5, 5.41) is 0. The Morgan fingerprint density at radius 2 is 1.90 bits per heavy atom. The molecule has 2 N–H and O–H groups in total. The number of benzene rings is 1. The Hall–Kier alpha value is -2.12. The predicted octanol–water partition coefficient (Wildman–Crippen LogP) is 1.68. The van der Waals surface area contributed by atoms with Crippen molar-refractivity contribution in [3.05, 3.63) is 29.8 Å². The smallest absolute Gasteiger partial charge is 0.234 e. The maximum atomic E-state index is 12.2. The van der Waals surface area contributed by atoms with Gasteiger partial charge in [-0.25, -0.2) is 0 Å². The molecule has 0 spiro atoms. The van der Waals surface area contributed by atoms with Gasteiger partial charge in [0.05, 0.1) is 12.2 Å². The maximum absolute atomic E-state index is 12.2. The number of anilines is 1. The second-order valence-electron chi connectivity index (χ2n) is 5.70. The molecule has 1 saturated heterocycles. The highest BCUT2D eigenvalue weighted by Gasteiger charge is 2.38. The van der Waals surface area contributed by atoms with E-state index in [4.69, 9.17) is 5.73 Å². The van der Waals surface area contributed by atoms with Crippen molar-refractivity contribution in [3.63, 3.8) is 0 Å². The summed E-state index contributed by atoms with van der Waals surface area (Å²) in [6, 6.07) is 7.11. The quantitative estimate of drug-likeness (QED) is 0.623. The van der Waals surface area contributed by atoms with E-state index >= 15 is 0 Å². The van der Waals surface area contributed by atoms with Crippen LogP contribution in [0.1, 0.15) is 32.3 Å². The Morgan fingerprint density at radius 3 is 2.50 bits per heavy atom. The monoisotopic (exact) mass is 270 g/mol. The predicted molar refractivity (Wildman–Crippen MR) is 77.9 cm³/mol. The van der Waals surface area contributed by atoms with E-state index in [1.165, 1.54) is 4.90 Å². The molecule has 0 aromatic heterocycles. The number of amides is 2. The minimum atomic E-state index is -0.262. The SMILES string of the molecule is CC1(C)CC(=O)N(c2cccc(C#CCN)c2)C(=O)C1. The third-order valence-electron chi connectivity index (χ3n) is 3.20. The van der Waals surface area contributed by atoms with Crippen LogP contribution in [-0.2, 0) is 9.59 Å². The molecule has 1 aliphatic rings. The van der Waals surface area contributed by atoms with Crippen molar-refractivity contribution in [3.8, 4) is 11.8 Å². The van der Waals surface area contributed by atoms with Gasteiger partial charge in [-0.15, -0.1) is 0 Å². The lowest BCUT2D eigenvalue weighted by molar-refractivity contribution is -0.132. The second-order valence-corrected chi connectivity index (χ2v) is 5.70. The first-order chi connectivity index (χ1) is 9.43. The minimum absolute atomic E-state index is 0.157. The van der Waals surface area contributed by atoms with Gasteiger partial charge in [-0.1, -0.05) is 31.8 Å². The molecule has 0 saturated carbocycles. The van der Waals surface area contributed by atoms with Gasteiger partial charge in [0.25, 0.3) is 0 Å². The molecule has 0 aliphatic carbocycles. The summed E-state index contributed by atoms with van der Waals surface area (Å²) in [5.74, 6) is 5.35. The Balaban J connectivity index is 2.32. The summed E-state index contributed by atoms with van der Waals surface area (Å²) < 4.78 is 0. The number of imide groups is 1. The zero-order chi connectivity index (χ0) is 14.8. The van der Waals surface area contributed by atoms with E-state index in [0.29, 0.717) is 18.5 Å². The first-order valence-corrected chi connectivity index (χ1v) is 6.58. The van der Waals surface area contributed by atoms with E-state index in [1.807, 2.05) is 19.9 Å². The third kappa shape index (κ3) is 3.06. The average Bonchev–Trinajstić information content (AvgIpc) is 2.34. The summed E-state index contributed by atoms with van der Waals surface area (Å²) in [5.41, 5.74) is 6.41. The molecule has 0 atom stereocenters. The third-order valence-corrected chi connectivity index (χ3v) is 3.20. The number of nitrogens with zero attached hydrogens (tertiary/aromatic N) is 1. The number of rotatable bonds is 1. The number of hydrogen-bond donors (Lipinski definition) is 1. The lowest BCUT2D eigenvalue weighted by Gasteiger charge is -2.34. The van der Waals surface area contributed by atoms with Gasteiger partial charge in [0.15, 0.2) is 0 Å². The Labute approximate surface area is 118 Å². The topological polar surface area (TPSA) is 63.4 Å². The molecule has 0 unspecified atom stereocenters. The fraction of sp³-hybridized carbons (Fsp3) is 0.375. The van der Waals surface area contributed by atoms with Crippen LogP contribution >= 0.6 is 0 Å². The number of carbonyl (C=O) groups is 2. The highest BCUT2D eigenvalue weighted by Crippen LogP contribution is 2.34. The van der Waals surface area contributed by atoms with E-state index in [2.05, 4.69) is 11.8 Å². The van der Waals surface area contributed by atoms with Crippen LogP contribution in [0.25, 0.3) is 0 Å². The van der Waals surface area contributed by atoms with Crippen LogP contribution in [0.4, 0.5) is 5.69 Å². The molecule has 1 fully saturated rings. The summed E-state index contributed by atoms with van der Waals surface area (Å²) in [6.07, 6.45) is 0.745. The van der Waals surface area contributed by atoms with Crippen molar-refractivity contribution >= 4 is 17.5 Å². The molecule has 104 valence electrons. The van der Waals surface area contributed by atoms with Crippen LogP contribution in [-0.4, -0.2) is 18.4 Å². The van der Waals surface area contributed by atoms with Crippen molar-refractivity contribution < 1.29 is 9.59 Å². The van der Waals surface area contributed by atoms with Gasteiger partial charge in [-0.3, -0.25) is 14.5 Å².